The lowest BCUT2D eigenvalue weighted by molar-refractivity contribution is 0.288. The number of hydrogen-bond donors (Lipinski definition) is 0. The summed E-state index contributed by atoms with van der Waals surface area (Å²) in [4.78, 5) is 0. The standard InChI is InChI=1S/C26H37FO/c1-4-6-8-12-22-13-15-23(16-14-22)24-17-18-26(25(27)20-24)28-19-10-7-9-11-21(3)5-2/h13-18,20-21H,4-12,19H2,1-3H3. The van der Waals surface area contributed by atoms with Crippen molar-refractivity contribution >= 4 is 0 Å². The van der Waals surface area contributed by atoms with Crippen LogP contribution in [0.15, 0.2) is 42.5 Å². The minimum Gasteiger partial charge on any atom is -0.491 e. The Morgan fingerprint density at radius 1 is 0.857 bits per heavy atom. The van der Waals surface area contributed by atoms with Gasteiger partial charge in [-0.05, 0) is 54.0 Å². The molecule has 0 aliphatic rings. The first-order valence-electron chi connectivity index (χ1n) is 11.2. The van der Waals surface area contributed by atoms with Crippen molar-refractivity contribution in [1.29, 1.82) is 0 Å². The van der Waals surface area contributed by atoms with Gasteiger partial charge in [-0.2, -0.15) is 0 Å². The van der Waals surface area contributed by atoms with E-state index >= 15 is 0 Å². The van der Waals surface area contributed by atoms with Crippen molar-refractivity contribution in [1.82, 2.24) is 0 Å². The lowest BCUT2D eigenvalue weighted by Crippen LogP contribution is -2.00. The van der Waals surface area contributed by atoms with Gasteiger partial charge >= 0.3 is 0 Å². The zero-order chi connectivity index (χ0) is 20.2. The normalized spacial score (nSPS) is 12.1. The molecule has 0 aliphatic heterocycles. The molecule has 1 atom stereocenters. The van der Waals surface area contributed by atoms with Crippen LogP contribution in [0.25, 0.3) is 11.1 Å². The van der Waals surface area contributed by atoms with E-state index in [-0.39, 0.29) is 5.82 Å². The fourth-order valence-electron chi connectivity index (χ4n) is 3.40. The Hall–Kier alpha value is -1.83. The molecular weight excluding hydrogens is 347 g/mol. The van der Waals surface area contributed by atoms with E-state index in [0.29, 0.717) is 12.4 Å². The molecule has 0 aliphatic carbocycles. The highest BCUT2D eigenvalue weighted by Crippen LogP contribution is 2.26. The van der Waals surface area contributed by atoms with E-state index in [9.17, 15) is 4.39 Å². The number of benzene rings is 2. The van der Waals surface area contributed by atoms with Crippen molar-refractivity contribution in [2.75, 3.05) is 6.61 Å². The number of halogens is 1. The van der Waals surface area contributed by atoms with Crippen molar-refractivity contribution < 1.29 is 9.13 Å². The second-order valence-electron chi connectivity index (χ2n) is 8.01. The van der Waals surface area contributed by atoms with Gasteiger partial charge in [0.05, 0.1) is 6.61 Å². The first-order valence-corrected chi connectivity index (χ1v) is 11.2. The maximum absolute atomic E-state index is 14.4. The van der Waals surface area contributed by atoms with E-state index in [2.05, 4.69) is 45.0 Å². The molecule has 2 rings (SSSR count). The van der Waals surface area contributed by atoms with Gasteiger partial charge in [-0.25, -0.2) is 4.39 Å². The molecular formula is C26H37FO. The van der Waals surface area contributed by atoms with E-state index in [1.807, 2.05) is 6.07 Å². The Kier molecular flexibility index (Phi) is 10.1. The van der Waals surface area contributed by atoms with Gasteiger partial charge in [-0.3, -0.25) is 0 Å². The summed E-state index contributed by atoms with van der Waals surface area (Å²) in [6.45, 7) is 7.35. The Labute approximate surface area is 171 Å². The molecule has 0 bridgehead atoms. The molecule has 0 saturated heterocycles. The van der Waals surface area contributed by atoms with Gasteiger partial charge < -0.3 is 4.74 Å². The first-order chi connectivity index (χ1) is 13.6. The van der Waals surface area contributed by atoms with E-state index in [4.69, 9.17) is 4.74 Å². The number of unbranched alkanes of at least 4 members (excludes halogenated alkanes) is 4. The summed E-state index contributed by atoms with van der Waals surface area (Å²) in [5, 5.41) is 0. The van der Waals surface area contributed by atoms with Crippen molar-refractivity contribution in [3.63, 3.8) is 0 Å². The fourth-order valence-corrected chi connectivity index (χ4v) is 3.40. The zero-order valence-corrected chi connectivity index (χ0v) is 18.0. The van der Waals surface area contributed by atoms with Gasteiger partial charge in [-0.1, -0.05) is 89.6 Å². The topological polar surface area (TPSA) is 9.23 Å². The minimum absolute atomic E-state index is 0.274. The number of aryl methyl sites for hydroxylation is 1. The van der Waals surface area contributed by atoms with E-state index < -0.39 is 0 Å². The molecule has 0 amide bonds. The van der Waals surface area contributed by atoms with Crippen molar-refractivity contribution in [3.8, 4) is 16.9 Å². The molecule has 1 nitrogen and oxygen atoms in total. The maximum atomic E-state index is 14.4. The maximum Gasteiger partial charge on any atom is 0.165 e. The van der Waals surface area contributed by atoms with Gasteiger partial charge in [0.25, 0.3) is 0 Å². The second-order valence-corrected chi connectivity index (χ2v) is 8.01. The number of hydrogen-bond acceptors (Lipinski definition) is 1. The molecule has 0 saturated carbocycles. The molecule has 0 fully saturated rings. The smallest absolute Gasteiger partial charge is 0.165 e. The van der Waals surface area contributed by atoms with Crippen LogP contribution in [-0.2, 0) is 6.42 Å². The third kappa shape index (κ3) is 7.66. The Morgan fingerprint density at radius 2 is 1.61 bits per heavy atom. The third-order valence-electron chi connectivity index (χ3n) is 5.58. The summed E-state index contributed by atoms with van der Waals surface area (Å²) in [6, 6.07) is 13.8. The SMILES string of the molecule is CCCCCc1ccc(-c2ccc(OCCCCCC(C)CC)c(F)c2)cc1. The van der Waals surface area contributed by atoms with Crippen molar-refractivity contribution in [3.05, 3.63) is 53.8 Å². The fraction of sp³-hybridized carbons (Fsp3) is 0.538. The lowest BCUT2D eigenvalue weighted by atomic mass is 10.0. The molecule has 28 heavy (non-hydrogen) atoms. The predicted molar refractivity (Wildman–Crippen MR) is 118 cm³/mol. The highest BCUT2D eigenvalue weighted by molar-refractivity contribution is 5.64. The van der Waals surface area contributed by atoms with Gasteiger partial charge in [0.2, 0.25) is 0 Å². The Balaban J connectivity index is 1.81. The van der Waals surface area contributed by atoms with Crippen LogP contribution in [0.3, 0.4) is 0 Å². The molecule has 2 aromatic rings. The minimum atomic E-state index is -0.274. The molecule has 0 radical (unpaired) electrons. The molecule has 1 unspecified atom stereocenters. The largest absolute Gasteiger partial charge is 0.491 e. The highest BCUT2D eigenvalue weighted by atomic mass is 19.1. The Morgan fingerprint density at radius 3 is 2.29 bits per heavy atom. The van der Waals surface area contributed by atoms with E-state index in [1.165, 1.54) is 44.1 Å². The molecule has 0 aromatic heterocycles. The lowest BCUT2D eigenvalue weighted by Gasteiger charge is -2.10. The summed E-state index contributed by atoms with van der Waals surface area (Å²) in [7, 11) is 0. The second kappa shape index (κ2) is 12.6. The molecule has 0 N–H and O–H groups in total. The average molecular weight is 385 g/mol. The van der Waals surface area contributed by atoms with Crippen LogP contribution in [0, 0.1) is 11.7 Å². The quantitative estimate of drug-likeness (QED) is 0.316. The third-order valence-corrected chi connectivity index (χ3v) is 5.58. The van der Waals surface area contributed by atoms with Crippen molar-refractivity contribution in [2.45, 2.75) is 78.6 Å². The Bertz CT molecular complexity index is 677. The summed E-state index contributed by atoms with van der Waals surface area (Å²) >= 11 is 0. The summed E-state index contributed by atoms with van der Waals surface area (Å²) < 4.78 is 20.1. The first kappa shape index (κ1) is 22.5. The molecule has 0 heterocycles. The van der Waals surface area contributed by atoms with Gasteiger partial charge in [-0.15, -0.1) is 0 Å². The predicted octanol–water partition coefficient (Wildman–Crippen LogP) is 8.21. The van der Waals surface area contributed by atoms with Gasteiger partial charge in [0.15, 0.2) is 11.6 Å². The van der Waals surface area contributed by atoms with E-state index in [0.717, 1.165) is 36.3 Å². The van der Waals surface area contributed by atoms with Crippen LogP contribution in [-0.4, -0.2) is 6.61 Å². The van der Waals surface area contributed by atoms with E-state index in [1.54, 1.807) is 12.1 Å². The highest BCUT2D eigenvalue weighted by Gasteiger charge is 2.07. The van der Waals surface area contributed by atoms with Crippen LogP contribution < -0.4 is 4.74 Å². The average Bonchev–Trinajstić information content (AvgIpc) is 2.72. The van der Waals surface area contributed by atoms with Crippen LogP contribution >= 0.6 is 0 Å². The monoisotopic (exact) mass is 384 g/mol. The van der Waals surface area contributed by atoms with Crippen LogP contribution in [0.5, 0.6) is 5.75 Å². The van der Waals surface area contributed by atoms with Gasteiger partial charge in [0.1, 0.15) is 0 Å². The number of ether oxygens (including phenoxy) is 1. The summed E-state index contributed by atoms with van der Waals surface area (Å²) in [5.74, 6) is 0.891. The zero-order valence-electron chi connectivity index (χ0n) is 18.0. The molecule has 2 heteroatoms. The van der Waals surface area contributed by atoms with Gasteiger partial charge in [0, 0.05) is 0 Å². The van der Waals surface area contributed by atoms with Crippen molar-refractivity contribution in [2.24, 2.45) is 5.92 Å². The summed E-state index contributed by atoms with van der Waals surface area (Å²) in [6.07, 6.45) is 10.7. The molecule has 154 valence electrons. The van der Waals surface area contributed by atoms with Crippen LogP contribution in [0.1, 0.15) is 77.7 Å². The molecule has 0 spiro atoms. The number of rotatable bonds is 13. The molecule has 2 aromatic carbocycles. The van der Waals surface area contributed by atoms with Crippen LogP contribution in [0.2, 0.25) is 0 Å². The van der Waals surface area contributed by atoms with Crippen LogP contribution in [0.4, 0.5) is 4.39 Å². The summed E-state index contributed by atoms with van der Waals surface area (Å²) in [5.41, 5.74) is 3.30.